The molecule has 3 N–H and O–H groups in total. The molecule has 0 bridgehead atoms. The van der Waals surface area contributed by atoms with Crippen molar-refractivity contribution in [3.63, 3.8) is 0 Å². The van der Waals surface area contributed by atoms with Crippen molar-refractivity contribution in [3.8, 4) is 5.75 Å². The van der Waals surface area contributed by atoms with Crippen LogP contribution in [0.2, 0.25) is 0 Å². The Morgan fingerprint density at radius 3 is 3.14 bits per heavy atom. The standard InChI is InChI=1S/C16H25N3O2/c1-20-15-7-3-2-5-12(15)9-14(18-17)16-10-19-8-4-6-13(19)11-21-16/h2-3,5,7,13-14,16,18H,4,6,8-11,17H2,1H3. The Labute approximate surface area is 126 Å². The Morgan fingerprint density at radius 2 is 2.33 bits per heavy atom. The van der Waals surface area contributed by atoms with Crippen molar-refractivity contribution in [2.75, 3.05) is 26.8 Å². The summed E-state index contributed by atoms with van der Waals surface area (Å²) in [6.45, 7) is 2.99. The minimum Gasteiger partial charge on any atom is -0.496 e. The summed E-state index contributed by atoms with van der Waals surface area (Å²) in [5.41, 5.74) is 4.11. The van der Waals surface area contributed by atoms with E-state index < -0.39 is 0 Å². The molecule has 2 aliphatic heterocycles. The molecular formula is C16H25N3O2. The van der Waals surface area contributed by atoms with E-state index in [-0.39, 0.29) is 12.1 Å². The number of hydrazine groups is 1. The molecule has 21 heavy (non-hydrogen) atoms. The minimum atomic E-state index is 0.0999. The predicted octanol–water partition coefficient (Wildman–Crippen LogP) is 0.933. The normalized spacial score (nSPS) is 27.3. The SMILES string of the molecule is COc1ccccc1CC(NN)C1CN2CCCC2CO1. The van der Waals surface area contributed by atoms with Gasteiger partial charge in [0.15, 0.2) is 0 Å². The van der Waals surface area contributed by atoms with Crippen LogP contribution in [0.5, 0.6) is 5.75 Å². The first-order valence-corrected chi connectivity index (χ1v) is 7.75. The molecule has 5 nitrogen and oxygen atoms in total. The molecule has 0 amide bonds. The Morgan fingerprint density at radius 1 is 1.48 bits per heavy atom. The Balaban J connectivity index is 1.67. The smallest absolute Gasteiger partial charge is 0.122 e. The monoisotopic (exact) mass is 291 g/mol. The second-order valence-corrected chi connectivity index (χ2v) is 5.95. The molecule has 0 spiro atoms. The molecule has 0 saturated carbocycles. The van der Waals surface area contributed by atoms with Gasteiger partial charge in [0.05, 0.1) is 25.9 Å². The van der Waals surface area contributed by atoms with Crippen molar-refractivity contribution in [3.05, 3.63) is 29.8 Å². The molecular weight excluding hydrogens is 266 g/mol. The van der Waals surface area contributed by atoms with Gasteiger partial charge in [-0.3, -0.25) is 16.2 Å². The first-order chi connectivity index (χ1) is 10.3. The number of nitrogens with zero attached hydrogens (tertiary/aromatic N) is 1. The van der Waals surface area contributed by atoms with Crippen LogP contribution in [0.3, 0.4) is 0 Å². The van der Waals surface area contributed by atoms with E-state index in [9.17, 15) is 0 Å². The van der Waals surface area contributed by atoms with Crippen LogP contribution in [0.4, 0.5) is 0 Å². The van der Waals surface area contributed by atoms with Crippen LogP contribution in [-0.4, -0.2) is 49.9 Å². The maximum Gasteiger partial charge on any atom is 0.122 e. The molecule has 1 aromatic rings. The number of ether oxygens (including phenoxy) is 2. The van der Waals surface area contributed by atoms with Crippen molar-refractivity contribution in [1.29, 1.82) is 0 Å². The van der Waals surface area contributed by atoms with Gasteiger partial charge in [-0.15, -0.1) is 0 Å². The lowest BCUT2D eigenvalue weighted by atomic mass is 9.99. The number of nitrogens with two attached hydrogens (primary N) is 1. The van der Waals surface area contributed by atoms with Crippen LogP contribution in [0.25, 0.3) is 0 Å². The van der Waals surface area contributed by atoms with Crippen LogP contribution in [0, 0.1) is 0 Å². The maximum absolute atomic E-state index is 6.07. The van der Waals surface area contributed by atoms with Crippen LogP contribution in [0.1, 0.15) is 18.4 Å². The number of fused-ring (bicyclic) bond motifs is 1. The van der Waals surface area contributed by atoms with Crippen LogP contribution >= 0.6 is 0 Å². The highest BCUT2D eigenvalue weighted by Gasteiger charge is 2.35. The van der Waals surface area contributed by atoms with E-state index in [0.29, 0.717) is 6.04 Å². The van der Waals surface area contributed by atoms with Crippen molar-refractivity contribution < 1.29 is 9.47 Å². The fourth-order valence-corrected chi connectivity index (χ4v) is 3.49. The fraction of sp³-hybridized carbons (Fsp3) is 0.625. The third-order valence-electron chi connectivity index (χ3n) is 4.71. The number of benzene rings is 1. The zero-order valence-corrected chi connectivity index (χ0v) is 12.6. The van der Waals surface area contributed by atoms with Gasteiger partial charge in [0.2, 0.25) is 0 Å². The van der Waals surface area contributed by atoms with E-state index in [2.05, 4.69) is 16.4 Å². The van der Waals surface area contributed by atoms with Gasteiger partial charge in [-0.1, -0.05) is 18.2 Å². The van der Waals surface area contributed by atoms with Crippen LogP contribution in [-0.2, 0) is 11.2 Å². The summed E-state index contributed by atoms with van der Waals surface area (Å²) in [5.74, 6) is 6.70. The van der Waals surface area contributed by atoms with Crippen molar-refractivity contribution in [1.82, 2.24) is 10.3 Å². The molecule has 3 unspecified atom stereocenters. The van der Waals surface area contributed by atoms with Gasteiger partial charge >= 0.3 is 0 Å². The lowest BCUT2D eigenvalue weighted by Crippen LogP contribution is -2.56. The highest BCUT2D eigenvalue weighted by atomic mass is 16.5. The van der Waals surface area contributed by atoms with E-state index in [1.54, 1.807) is 7.11 Å². The third-order valence-corrected chi connectivity index (χ3v) is 4.71. The van der Waals surface area contributed by atoms with E-state index in [4.69, 9.17) is 15.3 Å². The summed E-state index contributed by atoms with van der Waals surface area (Å²) < 4.78 is 11.5. The molecule has 3 atom stereocenters. The lowest BCUT2D eigenvalue weighted by molar-refractivity contribution is -0.0644. The molecule has 1 aromatic carbocycles. The van der Waals surface area contributed by atoms with Gasteiger partial charge < -0.3 is 9.47 Å². The van der Waals surface area contributed by atoms with Gasteiger partial charge in [0.25, 0.3) is 0 Å². The number of para-hydroxylation sites is 1. The molecule has 2 aliphatic rings. The number of rotatable bonds is 5. The van der Waals surface area contributed by atoms with Crippen LogP contribution < -0.4 is 16.0 Å². The Hall–Kier alpha value is -1.14. The van der Waals surface area contributed by atoms with E-state index in [1.807, 2.05) is 18.2 Å². The quantitative estimate of drug-likeness (QED) is 0.624. The van der Waals surface area contributed by atoms with Gasteiger partial charge in [-0.05, 0) is 37.4 Å². The second-order valence-electron chi connectivity index (χ2n) is 5.95. The number of methoxy groups -OCH3 is 1. The predicted molar refractivity (Wildman–Crippen MR) is 82.1 cm³/mol. The number of nitrogens with one attached hydrogen (secondary N) is 1. The zero-order chi connectivity index (χ0) is 14.7. The summed E-state index contributed by atoms with van der Waals surface area (Å²) in [6.07, 6.45) is 3.49. The first kappa shape index (κ1) is 14.8. The minimum absolute atomic E-state index is 0.0999. The third kappa shape index (κ3) is 3.21. The van der Waals surface area contributed by atoms with Crippen molar-refractivity contribution in [2.24, 2.45) is 5.84 Å². The summed E-state index contributed by atoms with van der Waals surface area (Å²) in [4.78, 5) is 2.54. The van der Waals surface area contributed by atoms with Gasteiger partial charge in [0, 0.05) is 12.6 Å². The van der Waals surface area contributed by atoms with Gasteiger partial charge in [-0.2, -0.15) is 0 Å². The fourth-order valence-electron chi connectivity index (χ4n) is 3.49. The largest absolute Gasteiger partial charge is 0.496 e. The summed E-state index contributed by atoms with van der Waals surface area (Å²) >= 11 is 0. The summed E-state index contributed by atoms with van der Waals surface area (Å²) in [7, 11) is 1.70. The lowest BCUT2D eigenvalue weighted by Gasteiger charge is -2.38. The molecule has 2 saturated heterocycles. The summed E-state index contributed by atoms with van der Waals surface area (Å²) in [6, 6.07) is 8.81. The molecule has 0 aliphatic carbocycles. The summed E-state index contributed by atoms with van der Waals surface area (Å²) in [5, 5.41) is 0. The Kier molecular flexibility index (Phi) is 4.75. The van der Waals surface area contributed by atoms with Gasteiger partial charge in [0.1, 0.15) is 5.75 Å². The Bertz CT molecular complexity index is 469. The maximum atomic E-state index is 6.07. The molecule has 3 rings (SSSR count). The number of hydrogen-bond acceptors (Lipinski definition) is 5. The topological polar surface area (TPSA) is 59.8 Å². The second kappa shape index (κ2) is 6.75. The highest BCUT2D eigenvalue weighted by molar-refractivity contribution is 5.34. The van der Waals surface area contributed by atoms with Crippen molar-refractivity contribution >= 4 is 0 Å². The molecule has 5 heteroatoms. The molecule has 2 heterocycles. The average Bonchev–Trinajstić information content (AvgIpc) is 3.00. The first-order valence-electron chi connectivity index (χ1n) is 7.75. The molecule has 2 fully saturated rings. The highest BCUT2D eigenvalue weighted by Crippen LogP contribution is 2.26. The number of morpholine rings is 1. The van der Waals surface area contributed by atoms with E-state index in [0.717, 1.165) is 30.9 Å². The molecule has 116 valence electrons. The van der Waals surface area contributed by atoms with Crippen molar-refractivity contribution in [2.45, 2.75) is 37.5 Å². The zero-order valence-electron chi connectivity index (χ0n) is 12.6. The van der Waals surface area contributed by atoms with E-state index in [1.165, 1.54) is 19.4 Å². The van der Waals surface area contributed by atoms with Crippen LogP contribution in [0.15, 0.2) is 24.3 Å². The molecule has 0 aromatic heterocycles. The number of hydrogen-bond donors (Lipinski definition) is 2. The van der Waals surface area contributed by atoms with E-state index >= 15 is 0 Å². The molecule has 0 radical (unpaired) electrons. The average molecular weight is 291 g/mol. The van der Waals surface area contributed by atoms with Gasteiger partial charge in [-0.25, -0.2) is 0 Å².